The number of carbonyl (C=O) groups excluding carboxylic acids is 2. The predicted molar refractivity (Wildman–Crippen MR) is 48.9 cm³/mol. The third-order valence-electron chi connectivity index (χ3n) is 1.50. The van der Waals surface area contributed by atoms with Crippen LogP contribution in [0.3, 0.4) is 0 Å². The van der Waals surface area contributed by atoms with Gasteiger partial charge in [0.05, 0.1) is 6.42 Å². The van der Waals surface area contributed by atoms with E-state index in [0.717, 1.165) is 12.8 Å². The highest BCUT2D eigenvalue weighted by molar-refractivity contribution is 5.97. The summed E-state index contributed by atoms with van der Waals surface area (Å²) < 4.78 is 0. The standard InChI is InChI=1S/C10H16O2/c1-9(2)5-3-4-6-10(12)7-8-11/h4,6,8-9H,3,5,7H2,1-2H3. The van der Waals surface area contributed by atoms with Gasteiger partial charge in [-0.15, -0.1) is 0 Å². The van der Waals surface area contributed by atoms with Crippen molar-refractivity contribution < 1.29 is 9.59 Å². The third-order valence-corrected chi connectivity index (χ3v) is 1.50. The van der Waals surface area contributed by atoms with Gasteiger partial charge in [-0.3, -0.25) is 4.79 Å². The van der Waals surface area contributed by atoms with E-state index in [2.05, 4.69) is 13.8 Å². The minimum absolute atomic E-state index is 0.0121. The first-order chi connectivity index (χ1) is 5.66. The van der Waals surface area contributed by atoms with Crippen molar-refractivity contribution in [3.05, 3.63) is 12.2 Å². The largest absolute Gasteiger partial charge is 0.303 e. The highest BCUT2D eigenvalue weighted by atomic mass is 16.1. The van der Waals surface area contributed by atoms with E-state index in [1.54, 1.807) is 0 Å². The molecule has 0 unspecified atom stereocenters. The van der Waals surface area contributed by atoms with Crippen LogP contribution in [0.5, 0.6) is 0 Å². The second-order valence-corrected chi connectivity index (χ2v) is 3.21. The lowest BCUT2D eigenvalue weighted by Gasteiger charge is -1.98. The van der Waals surface area contributed by atoms with E-state index < -0.39 is 0 Å². The van der Waals surface area contributed by atoms with Crippen molar-refractivity contribution in [1.82, 2.24) is 0 Å². The van der Waals surface area contributed by atoms with Crippen LogP contribution in [0.4, 0.5) is 0 Å². The van der Waals surface area contributed by atoms with Gasteiger partial charge in [0.2, 0.25) is 0 Å². The van der Waals surface area contributed by atoms with Crippen molar-refractivity contribution in [2.75, 3.05) is 0 Å². The molecular formula is C10H16O2. The van der Waals surface area contributed by atoms with E-state index in [9.17, 15) is 9.59 Å². The second kappa shape index (κ2) is 6.77. The Morgan fingerprint density at radius 2 is 2.08 bits per heavy atom. The van der Waals surface area contributed by atoms with Crippen LogP contribution >= 0.6 is 0 Å². The Labute approximate surface area is 73.7 Å². The minimum Gasteiger partial charge on any atom is -0.303 e. The van der Waals surface area contributed by atoms with Crippen LogP contribution in [-0.2, 0) is 9.59 Å². The fourth-order valence-electron chi connectivity index (χ4n) is 0.795. The first kappa shape index (κ1) is 11.1. The zero-order valence-corrected chi connectivity index (χ0v) is 7.75. The highest BCUT2D eigenvalue weighted by Gasteiger charge is 1.93. The Kier molecular flexibility index (Phi) is 6.25. The summed E-state index contributed by atoms with van der Waals surface area (Å²) in [5.41, 5.74) is 0. The molecule has 2 nitrogen and oxygen atoms in total. The quantitative estimate of drug-likeness (QED) is 0.346. The molecule has 0 bridgehead atoms. The zero-order chi connectivity index (χ0) is 9.40. The minimum atomic E-state index is -0.103. The molecule has 0 aliphatic heterocycles. The molecule has 0 atom stereocenters. The second-order valence-electron chi connectivity index (χ2n) is 3.21. The molecule has 0 aliphatic carbocycles. The van der Waals surface area contributed by atoms with Crippen LogP contribution in [0.25, 0.3) is 0 Å². The molecule has 0 radical (unpaired) electrons. The monoisotopic (exact) mass is 168 g/mol. The average molecular weight is 168 g/mol. The lowest BCUT2D eigenvalue weighted by Crippen LogP contribution is -1.92. The maximum atomic E-state index is 10.8. The van der Waals surface area contributed by atoms with Crippen molar-refractivity contribution in [1.29, 1.82) is 0 Å². The van der Waals surface area contributed by atoms with Gasteiger partial charge in [0.25, 0.3) is 0 Å². The average Bonchev–Trinajstić information content (AvgIpc) is 1.98. The maximum Gasteiger partial charge on any atom is 0.162 e. The molecular weight excluding hydrogens is 152 g/mol. The van der Waals surface area contributed by atoms with Crippen LogP contribution < -0.4 is 0 Å². The number of ketones is 1. The molecule has 0 aromatic carbocycles. The molecule has 0 aromatic heterocycles. The summed E-state index contributed by atoms with van der Waals surface area (Å²) in [7, 11) is 0. The highest BCUT2D eigenvalue weighted by Crippen LogP contribution is 2.03. The van der Waals surface area contributed by atoms with Gasteiger partial charge in [-0.2, -0.15) is 0 Å². The van der Waals surface area contributed by atoms with Gasteiger partial charge < -0.3 is 4.79 Å². The number of hydrogen-bond donors (Lipinski definition) is 0. The Bertz CT molecular complexity index is 169. The predicted octanol–water partition coefficient (Wildman–Crippen LogP) is 2.14. The number of hydrogen-bond acceptors (Lipinski definition) is 2. The molecule has 0 rings (SSSR count). The topological polar surface area (TPSA) is 34.1 Å². The summed E-state index contributed by atoms with van der Waals surface area (Å²) in [5.74, 6) is 0.560. The van der Waals surface area contributed by atoms with E-state index >= 15 is 0 Å². The summed E-state index contributed by atoms with van der Waals surface area (Å²) >= 11 is 0. The van der Waals surface area contributed by atoms with E-state index in [1.165, 1.54) is 6.08 Å². The van der Waals surface area contributed by atoms with Gasteiger partial charge in [-0.1, -0.05) is 19.9 Å². The molecule has 0 fully saturated rings. The lowest BCUT2D eigenvalue weighted by atomic mass is 10.1. The molecule has 0 amide bonds. The molecule has 0 spiro atoms. The van der Waals surface area contributed by atoms with Gasteiger partial charge in [-0.25, -0.2) is 0 Å². The van der Waals surface area contributed by atoms with E-state index in [1.807, 2.05) is 6.08 Å². The SMILES string of the molecule is CC(C)CCC=CC(=O)CC=O. The van der Waals surface area contributed by atoms with E-state index in [4.69, 9.17) is 0 Å². The van der Waals surface area contributed by atoms with Crippen molar-refractivity contribution in [2.24, 2.45) is 5.92 Å². The van der Waals surface area contributed by atoms with Crippen LogP contribution in [0, 0.1) is 5.92 Å². The normalized spacial score (nSPS) is 10.9. The fraction of sp³-hybridized carbons (Fsp3) is 0.600. The molecule has 0 saturated heterocycles. The molecule has 0 heterocycles. The summed E-state index contributed by atoms with van der Waals surface area (Å²) in [6.45, 7) is 4.28. The summed E-state index contributed by atoms with van der Waals surface area (Å²) in [4.78, 5) is 20.7. The van der Waals surface area contributed by atoms with Crippen LogP contribution in [0.2, 0.25) is 0 Å². The summed E-state index contributed by atoms with van der Waals surface area (Å²) in [5, 5.41) is 0. The number of rotatable bonds is 6. The van der Waals surface area contributed by atoms with Gasteiger partial charge >= 0.3 is 0 Å². The Morgan fingerprint density at radius 3 is 2.58 bits per heavy atom. The molecule has 0 aliphatic rings. The number of carbonyl (C=O) groups is 2. The smallest absolute Gasteiger partial charge is 0.162 e. The molecule has 0 N–H and O–H groups in total. The Morgan fingerprint density at radius 1 is 1.42 bits per heavy atom. The van der Waals surface area contributed by atoms with Crippen LogP contribution in [-0.4, -0.2) is 12.1 Å². The number of aldehydes is 1. The first-order valence-corrected chi connectivity index (χ1v) is 4.29. The molecule has 2 heteroatoms. The van der Waals surface area contributed by atoms with Crippen molar-refractivity contribution in [2.45, 2.75) is 33.1 Å². The molecule has 0 aromatic rings. The lowest BCUT2D eigenvalue weighted by molar-refractivity contribution is -0.118. The van der Waals surface area contributed by atoms with Gasteiger partial charge in [0.15, 0.2) is 5.78 Å². The van der Waals surface area contributed by atoms with Gasteiger partial charge in [0.1, 0.15) is 6.29 Å². The first-order valence-electron chi connectivity index (χ1n) is 4.29. The van der Waals surface area contributed by atoms with Gasteiger partial charge in [0, 0.05) is 0 Å². The van der Waals surface area contributed by atoms with Crippen LogP contribution in [0.1, 0.15) is 33.1 Å². The van der Waals surface area contributed by atoms with Crippen molar-refractivity contribution in [3.63, 3.8) is 0 Å². The summed E-state index contributed by atoms with van der Waals surface area (Å²) in [6.07, 6.45) is 5.99. The maximum absolute atomic E-state index is 10.8. The Hall–Kier alpha value is -0.920. The summed E-state index contributed by atoms with van der Waals surface area (Å²) in [6, 6.07) is 0. The van der Waals surface area contributed by atoms with Crippen LogP contribution in [0.15, 0.2) is 12.2 Å². The van der Waals surface area contributed by atoms with E-state index in [0.29, 0.717) is 12.2 Å². The third kappa shape index (κ3) is 7.19. The zero-order valence-electron chi connectivity index (χ0n) is 7.75. The molecule has 12 heavy (non-hydrogen) atoms. The van der Waals surface area contributed by atoms with E-state index in [-0.39, 0.29) is 12.2 Å². The van der Waals surface area contributed by atoms with Crippen molar-refractivity contribution in [3.8, 4) is 0 Å². The number of allylic oxidation sites excluding steroid dienone is 2. The fourth-order valence-corrected chi connectivity index (χ4v) is 0.795. The Balaban J connectivity index is 3.47. The molecule has 68 valence electrons. The van der Waals surface area contributed by atoms with Crippen molar-refractivity contribution >= 4 is 12.1 Å². The van der Waals surface area contributed by atoms with Gasteiger partial charge in [-0.05, 0) is 24.8 Å². The molecule has 0 saturated carbocycles.